The Morgan fingerprint density at radius 1 is 0.883 bits per heavy atom. The Hall–Kier alpha value is -6.58. The van der Waals surface area contributed by atoms with Crippen LogP contribution in [0.15, 0.2) is 137 Å². The fraction of sp³-hybridized carbons (Fsp3) is 0.304. The zero-order valence-corrected chi connectivity index (χ0v) is 45.6. The maximum absolute atomic E-state index is 13.7. The SMILES string of the molecule is CCOc1ccc2c(c1CNC(=O)CCCCC[N+]1=C(/C=C/C=C/C=C3/N(CC)c4ccc(S(=O)(=O)[O-])cc4C3(C)C)C(C)(C)c3cc(SOO[O-])ccc31)Oc1cc(OP(=O)(O)O)ccc1C21OC(=O)c2ccccc21. The van der Waals surface area contributed by atoms with Gasteiger partial charge in [0.15, 0.2) is 11.3 Å². The summed E-state index contributed by atoms with van der Waals surface area (Å²) in [5.74, 6) is -0.206. The van der Waals surface area contributed by atoms with Gasteiger partial charge in [0.1, 0.15) is 39.7 Å². The molecule has 0 aromatic heterocycles. The van der Waals surface area contributed by atoms with Crippen molar-refractivity contribution in [3.8, 4) is 23.0 Å². The summed E-state index contributed by atoms with van der Waals surface area (Å²) in [6.45, 7) is 13.6. The lowest BCUT2D eigenvalue weighted by Crippen LogP contribution is -2.34. The molecule has 18 nitrogen and oxygen atoms in total. The van der Waals surface area contributed by atoms with Crippen molar-refractivity contribution in [3.05, 3.63) is 166 Å². The molecule has 0 fully saturated rings. The van der Waals surface area contributed by atoms with Crippen molar-refractivity contribution in [3.63, 3.8) is 0 Å². The maximum atomic E-state index is 13.7. The fourth-order valence-electron chi connectivity index (χ4n) is 10.9. The third-order valence-corrected chi connectivity index (χ3v) is 16.3. The molecule has 0 aliphatic carbocycles. The van der Waals surface area contributed by atoms with Crippen LogP contribution < -0.4 is 29.5 Å². The summed E-state index contributed by atoms with van der Waals surface area (Å²) in [5, 5.41) is 17.3. The molecule has 77 heavy (non-hydrogen) atoms. The zero-order valence-electron chi connectivity index (χ0n) is 43.1. The lowest BCUT2D eigenvalue weighted by Gasteiger charge is -2.37. The molecule has 4 aliphatic heterocycles. The lowest BCUT2D eigenvalue weighted by molar-refractivity contribution is -0.777. The van der Waals surface area contributed by atoms with Crippen LogP contribution in [0.1, 0.15) is 111 Å². The van der Waals surface area contributed by atoms with E-state index in [-0.39, 0.29) is 47.6 Å². The van der Waals surface area contributed by atoms with Crippen molar-refractivity contribution < 1.29 is 74.9 Å². The number of phosphoric acid groups is 1. The Morgan fingerprint density at radius 3 is 2.40 bits per heavy atom. The Morgan fingerprint density at radius 2 is 1.66 bits per heavy atom. The molecule has 1 unspecified atom stereocenters. The van der Waals surface area contributed by atoms with Crippen molar-refractivity contribution >= 4 is 58.9 Å². The van der Waals surface area contributed by atoms with E-state index in [1.165, 1.54) is 24.3 Å². The van der Waals surface area contributed by atoms with Crippen LogP contribution in [0.3, 0.4) is 0 Å². The number of nitrogens with one attached hydrogen (secondary N) is 1. The summed E-state index contributed by atoms with van der Waals surface area (Å²) < 4.78 is 78.2. The summed E-state index contributed by atoms with van der Waals surface area (Å²) in [4.78, 5) is 49.0. The molecule has 3 N–H and O–H groups in total. The molecule has 0 radical (unpaired) electrons. The average Bonchev–Trinajstić information content (AvgIpc) is 4.14. The van der Waals surface area contributed by atoms with E-state index in [0.717, 1.165) is 52.4 Å². The van der Waals surface area contributed by atoms with E-state index in [4.69, 9.17) is 18.7 Å². The van der Waals surface area contributed by atoms with E-state index in [2.05, 4.69) is 44.1 Å². The third kappa shape index (κ3) is 10.6. The number of likely N-dealkylation sites (N-methyl/N-ethyl adjacent to an activating group) is 1. The minimum Gasteiger partial charge on any atom is -0.744 e. The number of esters is 1. The smallest absolute Gasteiger partial charge is 0.524 e. The number of hydrogen-bond acceptors (Lipinski definition) is 15. The quantitative estimate of drug-likeness (QED) is 0.00756. The summed E-state index contributed by atoms with van der Waals surface area (Å²) in [5.41, 5.74) is 5.21. The Kier molecular flexibility index (Phi) is 15.5. The highest BCUT2D eigenvalue weighted by atomic mass is 32.2. The molecular weight excluding hydrogens is 1050 g/mol. The van der Waals surface area contributed by atoms with Gasteiger partial charge in [-0.3, -0.25) is 19.6 Å². The molecule has 5 aromatic rings. The molecule has 404 valence electrons. The van der Waals surface area contributed by atoms with E-state index in [1.807, 2.05) is 70.2 Å². The lowest BCUT2D eigenvalue weighted by atomic mass is 9.77. The number of rotatable bonds is 20. The number of carbonyl (C=O) groups excluding carboxylic acids is 2. The van der Waals surface area contributed by atoms with Gasteiger partial charge in [0.05, 0.1) is 46.6 Å². The highest BCUT2D eigenvalue weighted by Gasteiger charge is 2.54. The second-order valence-electron chi connectivity index (χ2n) is 19.8. The molecule has 0 saturated heterocycles. The maximum Gasteiger partial charge on any atom is 0.524 e. The molecule has 21 heteroatoms. The molecular formula is C56H57N3O15PS2-. The average molecular weight is 1110 g/mol. The summed E-state index contributed by atoms with van der Waals surface area (Å²) >= 11 is 0.821. The first-order chi connectivity index (χ1) is 36.6. The van der Waals surface area contributed by atoms with Gasteiger partial charge >= 0.3 is 13.8 Å². The van der Waals surface area contributed by atoms with E-state index in [0.29, 0.717) is 64.4 Å². The molecule has 0 saturated carbocycles. The van der Waals surface area contributed by atoms with E-state index in [9.17, 15) is 42.2 Å². The summed E-state index contributed by atoms with van der Waals surface area (Å²) in [7, 11) is -9.59. The molecule has 1 spiro atoms. The van der Waals surface area contributed by atoms with Gasteiger partial charge in [-0.05, 0) is 113 Å². The molecule has 9 rings (SSSR count). The van der Waals surface area contributed by atoms with Gasteiger partial charge in [0.2, 0.25) is 11.6 Å². The Bertz CT molecular complexity index is 3480. The van der Waals surface area contributed by atoms with Crippen LogP contribution in [-0.4, -0.2) is 64.6 Å². The van der Waals surface area contributed by atoms with Crippen LogP contribution >= 0.6 is 19.9 Å². The van der Waals surface area contributed by atoms with Gasteiger partial charge in [-0.1, -0.05) is 50.3 Å². The third-order valence-electron chi connectivity index (χ3n) is 14.4. The predicted octanol–water partition coefficient (Wildman–Crippen LogP) is 9.33. The van der Waals surface area contributed by atoms with Crippen molar-refractivity contribution in [2.75, 3.05) is 24.6 Å². The number of carbonyl (C=O) groups is 2. The van der Waals surface area contributed by atoms with Gasteiger partial charge < -0.3 is 38.8 Å². The minimum absolute atomic E-state index is 0.0306. The first-order valence-electron chi connectivity index (χ1n) is 25.0. The van der Waals surface area contributed by atoms with Crippen molar-refractivity contribution in [2.24, 2.45) is 0 Å². The number of fused-ring (bicyclic) bond motifs is 8. The minimum atomic E-state index is -4.96. The molecule has 4 aliphatic rings. The van der Waals surface area contributed by atoms with Gasteiger partial charge in [-0.25, -0.2) is 17.8 Å². The normalized spacial score (nSPS) is 18.3. The highest BCUT2D eigenvalue weighted by molar-refractivity contribution is 7.94. The Balaban J connectivity index is 0.914. The first-order valence-corrected chi connectivity index (χ1v) is 28.6. The monoisotopic (exact) mass is 1110 g/mol. The van der Waals surface area contributed by atoms with Gasteiger partial charge in [-0.2, -0.15) is 8.91 Å². The largest absolute Gasteiger partial charge is 0.744 e. The number of anilines is 1. The van der Waals surface area contributed by atoms with Gasteiger partial charge in [-0.15, -0.1) is 0 Å². The molecule has 0 bridgehead atoms. The highest BCUT2D eigenvalue weighted by Crippen LogP contribution is 2.59. The predicted molar refractivity (Wildman–Crippen MR) is 283 cm³/mol. The number of unbranched alkanes of at least 4 members (excludes halogenated alkanes) is 2. The van der Waals surface area contributed by atoms with Crippen LogP contribution in [0, 0.1) is 0 Å². The van der Waals surface area contributed by atoms with E-state index >= 15 is 0 Å². The van der Waals surface area contributed by atoms with Crippen LogP contribution in [-0.2, 0) is 56.6 Å². The topological polar surface area (TPSA) is 246 Å². The van der Waals surface area contributed by atoms with Crippen molar-refractivity contribution in [1.29, 1.82) is 0 Å². The number of phosphoric ester groups is 1. The van der Waals surface area contributed by atoms with E-state index < -0.39 is 40.3 Å². The first kappa shape index (κ1) is 55.2. The molecule has 4 heterocycles. The second-order valence-corrected chi connectivity index (χ2v) is 23.1. The van der Waals surface area contributed by atoms with Crippen LogP contribution in [0.5, 0.6) is 23.0 Å². The number of benzene rings is 5. The number of hydrogen-bond donors (Lipinski definition) is 3. The number of amides is 1. The standard InChI is InChI=1S/C56H58N3O15PS2/c1-7-58-45-28-24-37(77(66,67)68)33-44(45)55(5,6)49(58)19-11-9-12-20-50-54(3,4)43-32-36(76-74-73-62)23-27-46(43)59(50)30-16-10-13-21-51(60)57-34-39-47(69-8-2)29-26-42-52(39)70-48-31-35(72-75(63,64)65)22-25-41(48)56(42)40-18-15-14-17-38(40)53(61)71-56/h9,11-12,14-15,17-20,22-29,31-33H,7-8,10,13,16,21,30,34H2,1-6H3,(H4-,57,60,62,63,64,65,66,67,68)/p-1. The Labute approximate surface area is 450 Å². The zero-order chi connectivity index (χ0) is 55.1. The number of allylic oxidation sites excluding steroid dienone is 6. The van der Waals surface area contributed by atoms with E-state index in [1.54, 1.807) is 48.5 Å². The summed E-state index contributed by atoms with van der Waals surface area (Å²) in [6, 6.07) is 25.0. The van der Waals surface area contributed by atoms with Crippen molar-refractivity contribution in [1.82, 2.24) is 5.32 Å². The van der Waals surface area contributed by atoms with Crippen molar-refractivity contribution in [2.45, 2.75) is 100.0 Å². The molecule has 5 aromatic carbocycles. The number of ether oxygens (including phenoxy) is 3. The van der Waals surface area contributed by atoms with Crippen LogP contribution in [0.4, 0.5) is 11.4 Å². The van der Waals surface area contributed by atoms with Gasteiger partial charge in [0, 0.05) is 81.5 Å². The van der Waals surface area contributed by atoms with Crippen LogP contribution in [0.25, 0.3) is 0 Å². The van der Waals surface area contributed by atoms with Crippen LogP contribution in [0.2, 0.25) is 0 Å². The number of nitrogens with zero attached hydrogens (tertiary/aromatic N) is 2. The van der Waals surface area contributed by atoms with Gasteiger partial charge in [0.25, 0.3) is 0 Å². The molecule has 1 atom stereocenters. The fourth-order valence-corrected chi connectivity index (χ4v) is 12.2. The summed E-state index contributed by atoms with van der Waals surface area (Å²) in [6.07, 6.45) is 12.1. The molecule has 1 amide bonds. The second kappa shape index (κ2) is 21.7.